The summed E-state index contributed by atoms with van der Waals surface area (Å²) in [6.07, 6.45) is 3.19. The molecule has 0 spiro atoms. The number of nitrogens with one attached hydrogen (secondary N) is 1. The van der Waals surface area contributed by atoms with E-state index >= 15 is 0 Å². The first kappa shape index (κ1) is 15.4. The predicted molar refractivity (Wildman–Crippen MR) is 77.8 cm³/mol. The van der Waals surface area contributed by atoms with E-state index in [2.05, 4.69) is 10.3 Å². The molecule has 19 heavy (non-hydrogen) atoms. The lowest BCUT2D eigenvalue weighted by atomic mass is 10.0. The van der Waals surface area contributed by atoms with Crippen LogP contribution in [0.1, 0.15) is 25.3 Å². The Bertz CT molecular complexity index is 434. The van der Waals surface area contributed by atoms with Crippen molar-refractivity contribution in [2.75, 3.05) is 7.11 Å². The van der Waals surface area contributed by atoms with Crippen molar-refractivity contribution in [1.82, 2.24) is 10.3 Å². The molecule has 0 aliphatic rings. The molecule has 5 nitrogen and oxygen atoms in total. The minimum Gasteiger partial charge on any atom is -0.481 e. The Morgan fingerprint density at radius 2 is 2.32 bits per heavy atom. The van der Waals surface area contributed by atoms with Crippen LogP contribution in [0.5, 0.6) is 5.88 Å². The number of pyridine rings is 1. The molecule has 1 aromatic heterocycles. The smallest absolute Gasteiger partial charge is 0.230 e. The molecule has 0 saturated carbocycles. The van der Waals surface area contributed by atoms with Gasteiger partial charge in [0.25, 0.3) is 0 Å². The van der Waals surface area contributed by atoms with E-state index in [-0.39, 0.29) is 10.9 Å². The number of carbonyl (C=O) groups excluding carboxylic acids is 1. The maximum absolute atomic E-state index is 11.9. The van der Waals surface area contributed by atoms with Crippen molar-refractivity contribution < 1.29 is 9.53 Å². The number of nitrogens with two attached hydrogens (primary N) is 1. The molecule has 3 N–H and O–H groups in total. The second-order valence-electron chi connectivity index (χ2n) is 4.17. The Kier molecular flexibility index (Phi) is 6.21. The van der Waals surface area contributed by atoms with Crippen LogP contribution in [0.3, 0.4) is 0 Å². The minimum absolute atomic E-state index is 0.134. The lowest BCUT2D eigenvalue weighted by Crippen LogP contribution is -2.37. The molecule has 1 aromatic rings. The number of hydrogen-bond acceptors (Lipinski definition) is 4. The fourth-order valence-corrected chi connectivity index (χ4v) is 1.86. The monoisotopic (exact) mass is 281 g/mol. The van der Waals surface area contributed by atoms with Gasteiger partial charge in [-0.15, -0.1) is 0 Å². The Balaban J connectivity index is 2.54. The van der Waals surface area contributed by atoms with Gasteiger partial charge in [0.15, 0.2) is 0 Å². The van der Waals surface area contributed by atoms with Gasteiger partial charge in [-0.05, 0) is 12.0 Å². The van der Waals surface area contributed by atoms with Gasteiger partial charge in [0, 0.05) is 18.8 Å². The quantitative estimate of drug-likeness (QED) is 0.739. The summed E-state index contributed by atoms with van der Waals surface area (Å²) >= 11 is 4.91. The average molecular weight is 281 g/mol. The van der Waals surface area contributed by atoms with Gasteiger partial charge in [0.1, 0.15) is 0 Å². The molecule has 0 bridgehead atoms. The summed E-state index contributed by atoms with van der Waals surface area (Å²) in [7, 11) is 1.56. The van der Waals surface area contributed by atoms with Gasteiger partial charge >= 0.3 is 0 Å². The third kappa shape index (κ3) is 4.82. The van der Waals surface area contributed by atoms with Crippen molar-refractivity contribution in [3.8, 4) is 5.88 Å². The molecule has 0 saturated heterocycles. The van der Waals surface area contributed by atoms with Crippen molar-refractivity contribution >= 4 is 23.1 Å². The molecule has 1 atom stereocenters. The number of methoxy groups -OCH3 is 1. The van der Waals surface area contributed by atoms with Crippen LogP contribution in [-0.2, 0) is 11.3 Å². The van der Waals surface area contributed by atoms with Crippen molar-refractivity contribution in [3.63, 3.8) is 0 Å². The summed E-state index contributed by atoms with van der Waals surface area (Å²) in [5, 5.41) is 2.82. The lowest BCUT2D eigenvalue weighted by Gasteiger charge is -2.14. The molecular formula is C13H19N3O2S. The summed E-state index contributed by atoms with van der Waals surface area (Å²) in [6, 6.07) is 3.60. The van der Waals surface area contributed by atoms with Crippen molar-refractivity contribution in [2.24, 2.45) is 11.7 Å². The van der Waals surface area contributed by atoms with E-state index in [0.717, 1.165) is 12.0 Å². The van der Waals surface area contributed by atoms with Gasteiger partial charge in [-0.3, -0.25) is 4.79 Å². The fraction of sp³-hybridized carbons (Fsp3) is 0.462. The topological polar surface area (TPSA) is 77.2 Å². The Morgan fingerprint density at radius 1 is 1.58 bits per heavy atom. The van der Waals surface area contributed by atoms with Crippen LogP contribution in [0.25, 0.3) is 0 Å². The number of carbonyl (C=O) groups is 1. The number of hydrogen-bond donors (Lipinski definition) is 2. The highest BCUT2D eigenvalue weighted by atomic mass is 32.1. The maximum Gasteiger partial charge on any atom is 0.230 e. The molecule has 1 heterocycles. The number of thiocarbonyl (C=S) groups is 1. The molecular weight excluding hydrogens is 262 g/mol. The number of ether oxygens (including phenoxy) is 1. The largest absolute Gasteiger partial charge is 0.481 e. The van der Waals surface area contributed by atoms with Crippen LogP contribution in [0.15, 0.2) is 18.3 Å². The zero-order valence-corrected chi connectivity index (χ0v) is 12.0. The van der Waals surface area contributed by atoms with E-state index in [0.29, 0.717) is 18.8 Å². The third-order valence-electron chi connectivity index (χ3n) is 2.71. The summed E-state index contributed by atoms with van der Waals surface area (Å²) < 4.78 is 4.96. The second kappa shape index (κ2) is 7.68. The number of amides is 1. The molecule has 0 aliphatic carbocycles. The third-order valence-corrected chi connectivity index (χ3v) is 3.00. The van der Waals surface area contributed by atoms with Gasteiger partial charge in [0.05, 0.1) is 18.0 Å². The predicted octanol–water partition coefficient (Wildman–Crippen LogP) is 1.41. The molecule has 6 heteroatoms. The van der Waals surface area contributed by atoms with Gasteiger partial charge in [-0.1, -0.05) is 31.6 Å². The zero-order valence-electron chi connectivity index (χ0n) is 11.2. The molecule has 104 valence electrons. The average Bonchev–Trinajstić information content (AvgIpc) is 2.42. The second-order valence-corrected chi connectivity index (χ2v) is 4.64. The number of nitrogens with zero attached hydrogens (tertiary/aromatic N) is 1. The first-order chi connectivity index (χ1) is 9.08. The molecule has 0 aromatic carbocycles. The van der Waals surface area contributed by atoms with E-state index in [4.69, 9.17) is 22.7 Å². The van der Waals surface area contributed by atoms with E-state index in [1.165, 1.54) is 0 Å². The Morgan fingerprint density at radius 3 is 2.79 bits per heavy atom. The van der Waals surface area contributed by atoms with E-state index in [1.54, 1.807) is 19.4 Å². The van der Waals surface area contributed by atoms with Crippen LogP contribution in [0.4, 0.5) is 0 Å². The van der Waals surface area contributed by atoms with Crippen molar-refractivity contribution in [3.05, 3.63) is 23.9 Å². The normalized spacial score (nSPS) is 11.7. The molecule has 1 rings (SSSR count). The lowest BCUT2D eigenvalue weighted by molar-refractivity contribution is -0.123. The van der Waals surface area contributed by atoms with E-state index in [9.17, 15) is 4.79 Å². The van der Waals surface area contributed by atoms with Crippen LogP contribution in [-0.4, -0.2) is 23.0 Å². The minimum atomic E-state index is -0.397. The summed E-state index contributed by atoms with van der Waals surface area (Å²) in [6.45, 7) is 2.39. The molecule has 0 fully saturated rings. The first-order valence-electron chi connectivity index (χ1n) is 6.14. The summed E-state index contributed by atoms with van der Waals surface area (Å²) in [5.74, 6) is 0.0125. The van der Waals surface area contributed by atoms with Crippen molar-refractivity contribution in [2.45, 2.75) is 26.3 Å². The zero-order chi connectivity index (χ0) is 14.3. The standard InChI is InChI=1S/C13H19N3O2S/c1-3-4-10(12(14)19)13(17)16-8-9-5-6-11(18-2)15-7-9/h5-7,10H,3-4,8H2,1-2H3,(H2,14,19)(H,16,17). The number of aromatic nitrogens is 1. The molecule has 0 aliphatic heterocycles. The van der Waals surface area contributed by atoms with Crippen LogP contribution in [0, 0.1) is 5.92 Å². The molecule has 1 amide bonds. The Labute approximate surface area is 118 Å². The van der Waals surface area contributed by atoms with E-state index in [1.807, 2.05) is 13.0 Å². The van der Waals surface area contributed by atoms with Crippen LogP contribution >= 0.6 is 12.2 Å². The summed E-state index contributed by atoms with van der Waals surface area (Å²) in [4.78, 5) is 16.3. The highest BCUT2D eigenvalue weighted by Crippen LogP contribution is 2.09. The van der Waals surface area contributed by atoms with Gasteiger partial charge in [0.2, 0.25) is 11.8 Å². The fourth-order valence-electron chi connectivity index (χ4n) is 1.64. The highest BCUT2D eigenvalue weighted by Gasteiger charge is 2.19. The van der Waals surface area contributed by atoms with Gasteiger partial charge < -0.3 is 15.8 Å². The van der Waals surface area contributed by atoms with Gasteiger partial charge in [-0.2, -0.15) is 0 Å². The van der Waals surface area contributed by atoms with Crippen molar-refractivity contribution in [1.29, 1.82) is 0 Å². The summed E-state index contributed by atoms with van der Waals surface area (Å²) in [5.41, 5.74) is 6.47. The van der Waals surface area contributed by atoms with Gasteiger partial charge in [-0.25, -0.2) is 4.98 Å². The highest BCUT2D eigenvalue weighted by molar-refractivity contribution is 7.80. The van der Waals surface area contributed by atoms with E-state index < -0.39 is 5.92 Å². The SMILES string of the molecule is CCCC(C(=O)NCc1ccc(OC)nc1)C(N)=S. The van der Waals surface area contributed by atoms with Crippen LogP contribution in [0.2, 0.25) is 0 Å². The Hall–Kier alpha value is -1.69. The maximum atomic E-state index is 11.9. The number of rotatable bonds is 7. The molecule has 0 radical (unpaired) electrons. The van der Waals surface area contributed by atoms with Crippen LogP contribution < -0.4 is 15.8 Å². The molecule has 1 unspecified atom stereocenters. The first-order valence-corrected chi connectivity index (χ1v) is 6.55.